The molecular formula is C22H26FN7O3S. The van der Waals surface area contributed by atoms with E-state index < -0.39 is 20.8 Å². The smallest absolute Gasteiger partial charge is 0.217 e. The van der Waals surface area contributed by atoms with Gasteiger partial charge in [0.1, 0.15) is 29.3 Å². The number of nitrogens with two attached hydrogens (primary N) is 1. The predicted molar refractivity (Wildman–Crippen MR) is 127 cm³/mol. The second-order valence-corrected chi connectivity index (χ2v) is 11.3. The quantitative estimate of drug-likeness (QED) is 0.641. The monoisotopic (exact) mass is 487 g/mol. The Morgan fingerprint density at radius 3 is 2.79 bits per heavy atom. The van der Waals surface area contributed by atoms with Crippen molar-refractivity contribution >= 4 is 21.7 Å². The second-order valence-electron chi connectivity index (χ2n) is 8.85. The van der Waals surface area contributed by atoms with E-state index in [0.717, 1.165) is 0 Å². The number of aliphatic imine (C=N–C) groups is 2. The molecule has 180 valence electrons. The highest BCUT2D eigenvalue weighted by Gasteiger charge is 2.33. The van der Waals surface area contributed by atoms with Crippen LogP contribution >= 0.6 is 0 Å². The van der Waals surface area contributed by atoms with Gasteiger partial charge in [-0.2, -0.15) is 5.10 Å². The van der Waals surface area contributed by atoms with Crippen molar-refractivity contribution in [2.24, 2.45) is 15.7 Å². The molecular weight excluding hydrogens is 461 g/mol. The van der Waals surface area contributed by atoms with Gasteiger partial charge < -0.3 is 10.3 Å². The first-order chi connectivity index (χ1) is 16.0. The van der Waals surface area contributed by atoms with Gasteiger partial charge in [-0.15, -0.1) is 0 Å². The molecule has 1 unspecified atom stereocenters. The predicted octanol–water partition coefficient (Wildman–Crippen LogP) is 2.48. The summed E-state index contributed by atoms with van der Waals surface area (Å²) in [4.78, 5) is 8.70. The van der Waals surface area contributed by atoms with Gasteiger partial charge in [0.05, 0.1) is 29.6 Å². The zero-order valence-corrected chi connectivity index (χ0v) is 19.9. The van der Waals surface area contributed by atoms with Gasteiger partial charge in [0.2, 0.25) is 10.0 Å². The third-order valence-electron chi connectivity index (χ3n) is 5.33. The third kappa shape index (κ3) is 4.92. The Labute approximate surface area is 196 Å². The van der Waals surface area contributed by atoms with E-state index in [1.807, 2.05) is 6.08 Å². The van der Waals surface area contributed by atoms with Gasteiger partial charge in [-0.3, -0.25) is 9.67 Å². The number of allylic oxidation sites excluding steroid dienone is 6. The van der Waals surface area contributed by atoms with Crippen LogP contribution in [-0.2, 0) is 16.6 Å². The molecule has 3 N–H and O–H groups in total. The molecule has 0 aromatic carbocycles. The molecule has 3 heterocycles. The normalized spacial score (nSPS) is 19.2. The second kappa shape index (κ2) is 9.11. The summed E-state index contributed by atoms with van der Waals surface area (Å²) in [7, 11) is -3.64. The molecule has 0 fully saturated rings. The Hall–Kier alpha value is -3.38. The number of aromatic nitrogens is 3. The fraction of sp³-hybridized carbons (Fsp3) is 0.364. The molecule has 0 spiro atoms. The lowest BCUT2D eigenvalue weighted by Gasteiger charge is -2.25. The molecule has 1 atom stereocenters. The highest BCUT2D eigenvalue weighted by atomic mass is 32.2. The summed E-state index contributed by atoms with van der Waals surface area (Å²) < 4.78 is 47.6. The molecule has 2 aliphatic rings. The van der Waals surface area contributed by atoms with Crippen molar-refractivity contribution in [2.45, 2.75) is 44.5 Å². The van der Waals surface area contributed by atoms with Crippen LogP contribution in [0.5, 0.6) is 0 Å². The molecule has 0 bridgehead atoms. The Morgan fingerprint density at radius 1 is 1.32 bits per heavy atom. The molecule has 1 aliphatic heterocycles. The van der Waals surface area contributed by atoms with Crippen molar-refractivity contribution in [1.82, 2.24) is 19.7 Å². The van der Waals surface area contributed by atoms with Crippen molar-refractivity contribution in [1.29, 1.82) is 0 Å². The van der Waals surface area contributed by atoms with Crippen molar-refractivity contribution in [3.05, 3.63) is 59.8 Å². The third-order valence-corrected chi connectivity index (χ3v) is 7.54. The van der Waals surface area contributed by atoms with Gasteiger partial charge in [0.25, 0.3) is 0 Å². The van der Waals surface area contributed by atoms with Gasteiger partial charge >= 0.3 is 0 Å². The van der Waals surface area contributed by atoms with Gasteiger partial charge in [-0.1, -0.05) is 23.4 Å². The lowest BCUT2D eigenvalue weighted by atomic mass is 10.2. The number of hydrogen-bond donors (Lipinski definition) is 2. The van der Waals surface area contributed by atoms with E-state index in [4.69, 9.17) is 10.3 Å². The van der Waals surface area contributed by atoms with E-state index in [2.05, 4.69) is 25.0 Å². The van der Waals surface area contributed by atoms with Gasteiger partial charge in [0.15, 0.2) is 5.84 Å². The molecule has 1 aliphatic carbocycles. The molecule has 0 amide bonds. The Balaban J connectivity index is 1.62. The standard InChI is InChI=1S/C22H26FN7O3S/c1-22(2,3)34(31,32)29-18-12-25-21(26-20(18)24)17-11-19(16-9-10-33-28-16)30(27-17)13-14-7-5-4-6-8-15(14)23/h4,6-11,18,29H,5,12-13H2,1-3H3,(H2,24,25,26). The Morgan fingerprint density at radius 2 is 2.12 bits per heavy atom. The summed E-state index contributed by atoms with van der Waals surface area (Å²) in [6, 6.07) is 2.63. The molecule has 34 heavy (non-hydrogen) atoms. The summed E-state index contributed by atoms with van der Waals surface area (Å²) in [5, 5.41) is 8.54. The summed E-state index contributed by atoms with van der Waals surface area (Å²) in [5.41, 5.74) is 8.07. The SMILES string of the molecule is CC(C)(C)S(=O)(=O)NC1CN=C(c2cc(-c3ccon3)n(CC3=CCC=CC=C3F)n2)N=C1N. The summed E-state index contributed by atoms with van der Waals surface area (Å²) in [6.07, 6.45) is 8.77. The zero-order chi connectivity index (χ0) is 24.5. The number of sulfonamides is 1. The van der Waals surface area contributed by atoms with Gasteiger partial charge in [-0.25, -0.2) is 22.5 Å². The first-order valence-electron chi connectivity index (χ1n) is 10.7. The maximum absolute atomic E-state index is 14.5. The number of nitrogens with zero attached hydrogens (tertiary/aromatic N) is 5. The number of nitrogens with one attached hydrogen (secondary N) is 1. The molecule has 2 aromatic heterocycles. The summed E-state index contributed by atoms with van der Waals surface area (Å²) >= 11 is 0. The Kier molecular flexibility index (Phi) is 6.36. The Bertz CT molecular complexity index is 1330. The fourth-order valence-electron chi connectivity index (χ4n) is 3.25. The lowest BCUT2D eigenvalue weighted by Crippen LogP contribution is -2.52. The first-order valence-corrected chi connectivity index (χ1v) is 12.1. The van der Waals surface area contributed by atoms with Crippen LogP contribution in [0.2, 0.25) is 0 Å². The number of halogens is 1. The number of hydrogen-bond acceptors (Lipinski definition) is 8. The molecule has 10 nitrogen and oxygen atoms in total. The van der Waals surface area contributed by atoms with Crippen LogP contribution in [0.4, 0.5) is 4.39 Å². The van der Waals surface area contributed by atoms with Crippen molar-refractivity contribution in [3.63, 3.8) is 0 Å². The van der Waals surface area contributed by atoms with Crippen LogP contribution in [0.25, 0.3) is 11.4 Å². The first kappa shape index (κ1) is 23.8. The van der Waals surface area contributed by atoms with Crippen LogP contribution in [-0.4, -0.2) is 52.4 Å². The van der Waals surface area contributed by atoms with Crippen molar-refractivity contribution in [3.8, 4) is 11.4 Å². The van der Waals surface area contributed by atoms with Gasteiger partial charge in [0, 0.05) is 11.6 Å². The summed E-state index contributed by atoms with van der Waals surface area (Å²) in [5.74, 6) is -0.00948. The van der Waals surface area contributed by atoms with E-state index >= 15 is 0 Å². The minimum Gasteiger partial charge on any atom is -0.386 e. The average molecular weight is 488 g/mol. The highest BCUT2D eigenvalue weighted by Crippen LogP contribution is 2.25. The van der Waals surface area contributed by atoms with Crippen LogP contribution < -0.4 is 10.5 Å². The minimum atomic E-state index is -3.64. The van der Waals surface area contributed by atoms with E-state index in [1.165, 1.54) is 12.3 Å². The van der Waals surface area contributed by atoms with Crippen LogP contribution in [0.15, 0.2) is 68.6 Å². The van der Waals surface area contributed by atoms with Crippen LogP contribution in [0.1, 0.15) is 32.9 Å². The van der Waals surface area contributed by atoms with E-state index in [-0.39, 0.29) is 30.6 Å². The molecule has 0 saturated heterocycles. The highest BCUT2D eigenvalue weighted by molar-refractivity contribution is 7.90. The maximum atomic E-state index is 14.5. The molecule has 4 rings (SSSR count). The van der Waals surface area contributed by atoms with Gasteiger partial charge in [-0.05, 0) is 39.3 Å². The number of amidine groups is 2. The van der Waals surface area contributed by atoms with Crippen molar-refractivity contribution < 1.29 is 17.3 Å². The summed E-state index contributed by atoms with van der Waals surface area (Å²) in [6.45, 7) is 5.01. The molecule has 2 aromatic rings. The van der Waals surface area contributed by atoms with E-state index in [1.54, 1.807) is 49.7 Å². The zero-order valence-electron chi connectivity index (χ0n) is 19.1. The molecule has 12 heteroatoms. The largest absolute Gasteiger partial charge is 0.386 e. The fourth-order valence-corrected chi connectivity index (χ4v) is 4.18. The lowest BCUT2D eigenvalue weighted by molar-refractivity contribution is 0.421. The molecule has 0 saturated carbocycles. The topological polar surface area (TPSA) is 141 Å². The van der Waals surface area contributed by atoms with Crippen LogP contribution in [0.3, 0.4) is 0 Å². The van der Waals surface area contributed by atoms with Crippen molar-refractivity contribution in [2.75, 3.05) is 6.54 Å². The maximum Gasteiger partial charge on any atom is 0.217 e. The van der Waals surface area contributed by atoms with E-state index in [9.17, 15) is 12.8 Å². The number of rotatable bonds is 6. The van der Waals surface area contributed by atoms with Crippen LogP contribution in [0, 0.1) is 0 Å². The molecule has 0 radical (unpaired) electrons. The van der Waals surface area contributed by atoms with E-state index in [0.29, 0.717) is 29.1 Å². The minimum absolute atomic E-state index is 0.0698. The average Bonchev–Trinajstić information content (AvgIpc) is 3.38.